The Hall–Kier alpha value is -3.20. The molecule has 0 aliphatic heterocycles. The first-order chi connectivity index (χ1) is 18.2. The van der Waals surface area contributed by atoms with Crippen LogP contribution in [0.1, 0.15) is 70.7 Å². The molecule has 2 aromatic rings. The first-order valence-electron chi connectivity index (χ1n) is 13.1. The van der Waals surface area contributed by atoms with Crippen LogP contribution in [0.25, 0.3) is 0 Å². The van der Waals surface area contributed by atoms with Gasteiger partial charge in [0.05, 0.1) is 0 Å². The second-order valence-corrected chi connectivity index (χ2v) is 12.5. The molecule has 0 heterocycles. The summed E-state index contributed by atoms with van der Waals surface area (Å²) in [4.78, 5) is 42.3. The minimum atomic E-state index is -1.15. The first-order valence-corrected chi connectivity index (χ1v) is 14.5. The van der Waals surface area contributed by atoms with Gasteiger partial charge in [0, 0.05) is 17.6 Å². The number of para-hydroxylation sites is 1. The number of rotatable bonds is 10. The molecule has 0 bridgehead atoms. The molecule has 0 saturated carbocycles. The van der Waals surface area contributed by atoms with E-state index in [9.17, 15) is 19.5 Å². The third-order valence-electron chi connectivity index (χ3n) is 5.94. The summed E-state index contributed by atoms with van der Waals surface area (Å²) >= 11 is 1.55. The summed E-state index contributed by atoms with van der Waals surface area (Å²) < 4.78 is 5.43. The van der Waals surface area contributed by atoms with Gasteiger partial charge in [0.1, 0.15) is 23.4 Å². The summed E-state index contributed by atoms with van der Waals surface area (Å²) in [6.07, 6.45) is 1.55. The maximum absolute atomic E-state index is 14.3. The molecule has 0 radical (unpaired) electrons. The van der Waals surface area contributed by atoms with E-state index >= 15 is 0 Å². The van der Waals surface area contributed by atoms with Crippen molar-refractivity contribution < 1.29 is 24.2 Å². The van der Waals surface area contributed by atoms with Gasteiger partial charge in [0.15, 0.2) is 0 Å². The summed E-state index contributed by atoms with van der Waals surface area (Å²) in [5.74, 6) is -0.336. The second kappa shape index (κ2) is 13.7. The number of aryl methyl sites for hydroxylation is 1. The topological polar surface area (TPSA) is 108 Å². The lowest BCUT2D eigenvalue weighted by atomic mass is 9.93. The van der Waals surface area contributed by atoms with Crippen molar-refractivity contribution in [2.75, 3.05) is 12.0 Å². The maximum atomic E-state index is 14.3. The number of hydrogen-bond donors (Lipinski definition) is 3. The number of nitrogens with one attached hydrogen (secondary N) is 2. The Balaban J connectivity index is 2.56. The average Bonchev–Trinajstić information content (AvgIpc) is 2.84. The van der Waals surface area contributed by atoms with E-state index in [-0.39, 0.29) is 12.3 Å². The molecular formula is C30H43N3O5S. The molecule has 39 heavy (non-hydrogen) atoms. The Labute approximate surface area is 236 Å². The van der Waals surface area contributed by atoms with Crippen molar-refractivity contribution >= 4 is 29.7 Å². The fourth-order valence-electron chi connectivity index (χ4n) is 4.14. The average molecular weight is 558 g/mol. The van der Waals surface area contributed by atoms with E-state index in [0.29, 0.717) is 23.3 Å². The van der Waals surface area contributed by atoms with E-state index in [1.54, 1.807) is 57.7 Å². The standard InChI is InChI=1S/C30H43N3O5S/c1-20-13-12-16-22(25(20)34)24(26(35)31-19-21-14-10-9-11-15-21)33(29(2,3)4)27(36)23(17-18-39-8)32-28(37)38-30(5,6)7/h9-16,23-24,34H,17-19H2,1-8H3,(H,31,35)(H,32,37). The molecule has 0 aliphatic carbocycles. The van der Waals surface area contributed by atoms with Gasteiger partial charge in [-0.15, -0.1) is 0 Å². The van der Waals surface area contributed by atoms with Crippen molar-refractivity contribution in [2.24, 2.45) is 0 Å². The van der Waals surface area contributed by atoms with Crippen molar-refractivity contribution in [3.63, 3.8) is 0 Å². The molecule has 0 aromatic heterocycles. The van der Waals surface area contributed by atoms with Crippen molar-refractivity contribution in [1.82, 2.24) is 15.5 Å². The van der Waals surface area contributed by atoms with Crippen LogP contribution in [-0.2, 0) is 20.9 Å². The van der Waals surface area contributed by atoms with Gasteiger partial charge >= 0.3 is 6.09 Å². The Morgan fingerprint density at radius 1 is 1.00 bits per heavy atom. The highest BCUT2D eigenvalue weighted by Gasteiger charge is 2.42. The Morgan fingerprint density at radius 2 is 1.64 bits per heavy atom. The third kappa shape index (κ3) is 9.49. The van der Waals surface area contributed by atoms with Gasteiger partial charge in [-0.3, -0.25) is 9.59 Å². The van der Waals surface area contributed by atoms with E-state index in [4.69, 9.17) is 4.74 Å². The summed E-state index contributed by atoms with van der Waals surface area (Å²) in [5.41, 5.74) is 0.199. The summed E-state index contributed by atoms with van der Waals surface area (Å²) in [5, 5.41) is 16.7. The number of amides is 3. The van der Waals surface area contributed by atoms with Crippen LogP contribution in [0.4, 0.5) is 4.79 Å². The van der Waals surface area contributed by atoms with Gasteiger partial charge in [-0.2, -0.15) is 11.8 Å². The van der Waals surface area contributed by atoms with Crippen LogP contribution in [0.15, 0.2) is 48.5 Å². The van der Waals surface area contributed by atoms with Crippen molar-refractivity contribution in [1.29, 1.82) is 0 Å². The second-order valence-electron chi connectivity index (χ2n) is 11.5. The fourth-order valence-corrected chi connectivity index (χ4v) is 4.61. The highest BCUT2D eigenvalue weighted by molar-refractivity contribution is 7.98. The molecule has 8 nitrogen and oxygen atoms in total. The molecule has 2 unspecified atom stereocenters. The van der Waals surface area contributed by atoms with Gasteiger partial charge in [-0.25, -0.2) is 4.79 Å². The van der Waals surface area contributed by atoms with E-state index in [1.807, 2.05) is 57.4 Å². The van der Waals surface area contributed by atoms with Gasteiger partial charge in [0.25, 0.3) is 0 Å². The smallest absolute Gasteiger partial charge is 0.408 e. The maximum Gasteiger partial charge on any atom is 0.408 e. The molecule has 0 fully saturated rings. The van der Waals surface area contributed by atoms with Crippen molar-refractivity contribution in [2.45, 2.75) is 84.7 Å². The molecule has 3 amide bonds. The van der Waals surface area contributed by atoms with Crippen LogP contribution in [0.5, 0.6) is 5.75 Å². The van der Waals surface area contributed by atoms with Crippen LogP contribution in [0, 0.1) is 6.92 Å². The zero-order chi connectivity index (χ0) is 29.4. The molecule has 0 spiro atoms. The number of phenolic OH excluding ortho intramolecular Hbond substituents is 1. The monoisotopic (exact) mass is 557 g/mol. The lowest BCUT2D eigenvalue weighted by Crippen LogP contribution is -2.58. The normalized spacial score (nSPS) is 13.2. The minimum Gasteiger partial charge on any atom is -0.507 e. The minimum absolute atomic E-state index is 0.0554. The number of carbonyl (C=O) groups is 3. The van der Waals surface area contributed by atoms with E-state index in [2.05, 4.69) is 10.6 Å². The molecule has 2 aromatic carbocycles. The molecule has 0 saturated heterocycles. The number of carbonyl (C=O) groups excluding carboxylic acids is 3. The Bertz CT molecular complexity index is 1130. The number of phenols is 1. The Kier molecular flexibility index (Phi) is 11.3. The molecule has 2 atom stereocenters. The SMILES string of the molecule is CSCCC(NC(=O)OC(C)(C)C)C(=O)N(C(C(=O)NCc1ccccc1)c1cccc(C)c1O)C(C)(C)C. The molecule has 0 aliphatic rings. The van der Waals surface area contributed by atoms with Gasteiger partial charge in [0.2, 0.25) is 11.8 Å². The van der Waals surface area contributed by atoms with Crippen molar-refractivity contribution in [3.8, 4) is 5.75 Å². The van der Waals surface area contributed by atoms with Crippen molar-refractivity contribution in [3.05, 3.63) is 65.2 Å². The van der Waals surface area contributed by atoms with Crippen LogP contribution in [-0.4, -0.2) is 57.1 Å². The predicted octanol–water partition coefficient (Wildman–Crippen LogP) is 5.33. The van der Waals surface area contributed by atoms with E-state index < -0.39 is 41.1 Å². The number of benzene rings is 2. The number of hydrogen-bond acceptors (Lipinski definition) is 6. The summed E-state index contributed by atoms with van der Waals surface area (Å²) in [6.45, 7) is 12.7. The molecule has 214 valence electrons. The zero-order valence-corrected chi connectivity index (χ0v) is 25.1. The molecular weight excluding hydrogens is 514 g/mol. The molecule has 9 heteroatoms. The lowest BCUT2D eigenvalue weighted by Gasteiger charge is -2.43. The highest BCUT2D eigenvalue weighted by atomic mass is 32.2. The van der Waals surface area contributed by atoms with Crippen LogP contribution in [0.3, 0.4) is 0 Å². The number of ether oxygens (including phenoxy) is 1. The number of alkyl carbamates (subject to hydrolysis) is 1. The molecule has 2 rings (SSSR count). The predicted molar refractivity (Wildman–Crippen MR) is 157 cm³/mol. The van der Waals surface area contributed by atoms with Crippen LogP contribution in [0.2, 0.25) is 0 Å². The van der Waals surface area contributed by atoms with E-state index in [0.717, 1.165) is 5.56 Å². The number of aromatic hydroxyl groups is 1. The van der Waals surface area contributed by atoms with Gasteiger partial charge in [-0.1, -0.05) is 48.5 Å². The Morgan fingerprint density at radius 3 is 2.21 bits per heavy atom. The highest BCUT2D eigenvalue weighted by Crippen LogP contribution is 2.36. The largest absolute Gasteiger partial charge is 0.507 e. The van der Waals surface area contributed by atoms with Gasteiger partial charge < -0.3 is 25.4 Å². The van der Waals surface area contributed by atoms with E-state index in [1.165, 1.54) is 4.90 Å². The fraction of sp³-hybridized carbons (Fsp3) is 0.500. The molecule has 3 N–H and O–H groups in total. The number of nitrogens with zero attached hydrogens (tertiary/aromatic N) is 1. The van der Waals surface area contributed by atoms with Gasteiger partial charge in [-0.05, 0) is 78.0 Å². The summed E-state index contributed by atoms with van der Waals surface area (Å²) in [6, 6.07) is 12.5. The number of thioether (sulfide) groups is 1. The quantitative estimate of drug-likeness (QED) is 0.364. The summed E-state index contributed by atoms with van der Waals surface area (Å²) in [7, 11) is 0. The third-order valence-corrected chi connectivity index (χ3v) is 6.58. The van der Waals surface area contributed by atoms with Crippen LogP contribution >= 0.6 is 11.8 Å². The lowest BCUT2D eigenvalue weighted by molar-refractivity contribution is -0.148. The van der Waals surface area contributed by atoms with Crippen LogP contribution < -0.4 is 10.6 Å². The zero-order valence-electron chi connectivity index (χ0n) is 24.3. The first kappa shape index (κ1) is 32.0.